The predicted molar refractivity (Wildman–Crippen MR) is 53.5 cm³/mol. The van der Waals surface area contributed by atoms with Gasteiger partial charge in [-0.1, -0.05) is 5.16 Å². The lowest BCUT2D eigenvalue weighted by atomic mass is 10.4. The van der Waals surface area contributed by atoms with E-state index < -0.39 is 5.91 Å². The number of nitrogens with one attached hydrogen (secondary N) is 2. The van der Waals surface area contributed by atoms with Crippen LogP contribution in [-0.4, -0.2) is 30.1 Å². The van der Waals surface area contributed by atoms with Crippen LogP contribution < -0.4 is 11.1 Å². The van der Waals surface area contributed by atoms with E-state index in [0.29, 0.717) is 12.2 Å². The molecule has 1 radical (unpaired) electrons. The second kappa shape index (κ2) is 5.05. The minimum Gasteiger partial charge on any atom is -0.398 e. The molecule has 0 fully saturated rings. The fourth-order valence-electron chi connectivity index (χ4n) is 0.778. The van der Waals surface area contributed by atoms with Gasteiger partial charge in [-0.2, -0.15) is 0 Å². The second-order valence-electron chi connectivity index (χ2n) is 2.25. The standard InChI is InChI=1S/C7H7N4O3S/c1-14-11-5(6(8)13)7-10-4(2-15-7)9-3-12/h2-3,8H,1H3,(H,9,12). The number of aromatic nitrogens is 1. The molecule has 79 valence electrons. The molecule has 0 unspecified atom stereocenters. The zero-order valence-corrected chi connectivity index (χ0v) is 8.50. The van der Waals surface area contributed by atoms with E-state index in [1.807, 2.05) is 0 Å². The number of thiazole rings is 1. The van der Waals surface area contributed by atoms with E-state index in [2.05, 4.69) is 20.3 Å². The summed E-state index contributed by atoms with van der Waals surface area (Å²) in [4.78, 5) is 29.2. The van der Waals surface area contributed by atoms with Crippen LogP contribution in [0.25, 0.3) is 0 Å². The van der Waals surface area contributed by atoms with Gasteiger partial charge >= 0.3 is 0 Å². The van der Waals surface area contributed by atoms with Crippen molar-refractivity contribution in [1.29, 1.82) is 0 Å². The average Bonchev–Trinajstić information content (AvgIpc) is 2.62. The van der Waals surface area contributed by atoms with Crippen molar-refractivity contribution in [2.24, 2.45) is 5.16 Å². The van der Waals surface area contributed by atoms with Gasteiger partial charge in [-0.25, -0.2) is 4.98 Å². The Balaban J connectivity index is 2.97. The van der Waals surface area contributed by atoms with Gasteiger partial charge in [-0.15, -0.1) is 11.3 Å². The van der Waals surface area contributed by atoms with E-state index in [1.165, 1.54) is 12.5 Å². The fourth-order valence-corrected chi connectivity index (χ4v) is 1.51. The molecule has 1 rings (SSSR count). The van der Waals surface area contributed by atoms with Gasteiger partial charge in [-0.3, -0.25) is 15.3 Å². The van der Waals surface area contributed by atoms with Gasteiger partial charge in [0.1, 0.15) is 12.9 Å². The van der Waals surface area contributed by atoms with Crippen LogP contribution >= 0.6 is 11.3 Å². The minimum atomic E-state index is -0.996. The highest BCUT2D eigenvalue weighted by Crippen LogP contribution is 2.14. The largest absolute Gasteiger partial charge is 0.398 e. The van der Waals surface area contributed by atoms with Crippen molar-refractivity contribution in [2.75, 3.05) is 12.4 Å². The topological polar surface area (TPSA) is 104 Å². The Morgan fingerprint density at radius 3 is 3.07 bits per heavy atom. The van der Waals surface area contributed by atoms with Gasteiger partial charge in [0.15, 0.2) is 5.01 Å². The van der Waals surface area contributed by atoms with Crippen molar-refractivity contribution < 1.29 is 14.4 Å². The number of nitrogens with zero attached hydrogens (tertiary/aromatic N) is 2. The van der Waals surface area contributed by atoms with Crippen LogP contribution in [0, 0.1) is 0 Å². The van der Waals surface area contributed by atoms with Crippen molar-refractivity contribution in [1.82, 2.24) is 10.7 Å². The Bertz CT molecular complexity index is 401. The summed E-state index contributed by atoms with van der Waals surface area (Å²) >= 11 is 1.08. The Kier molecular flexibility index (Phi) is 3.75. The van der Waals surface area contributed by atoms with Crippen molar-refractivity contribution in [2.45, 2.75) is 0 Å². The van der Waals surface area contributed by atoms with Crippen LogP contribution in [-0.2, 0) is 14.4 Å². The SMILES string of the molecule is CON=C(C([NH])=O)c1nc(NC=O)cs1. The first kappa shape index (κ1) is 11.1. The molecule has 0 aliphatic rings. The van der Waals surface area contributed by atoms with Crippen molar-refractivity contribution in [3.8, 4) is 0 Å². The maximum atomic E-state index is 10.8. The summed E-state index contributed by atoms with van der Waals surface area (Å²) in [6.45, 7) is 0. The number of rotatable bonds is 5. The first-order valence-corrected chi connectivity index (χ1v) is 4.60. The van der Waals surface area contributed by atoms with E-state index in [-0.39, 0.29) is 10.7 Å². The first-order valence-electron chi connectivity index (χ1n) is 3.72. The quantitative estimate of drug-likeness (QED) is 0.429. The lowest BCUT2D eigenvalue weighted by Gasteiger charge is -1.94. The van der Waals surface area contributed by atoms with Crippen molar-refractivity contribution in [3.05, 3.63) is 10.4 Å². The number of hydrogen-bond acceptors (Lipinski definition) is 6. The molecule has 2 N–H and O–H groups in total. The highest BCUT2D eigenvalue weighted by molar-refractivity contribution is 7.13. The maximum Gasteiger partial charge on any atom is 0.294 e. The Labute approximate surface area is 88.9 Å². The average molecular weight is 227 g/mol. The number of oxime groups is 1. The first-order chi connectivity index (χ1) is 7.19. The molecule has 0 aliphatic carbocycles. The number of carbonyl (C=O) groups excluding carboxylic acids is 2. The third kappa shape index (κ3) is 2.74. The molecule has 0 saturated heterocycles. The summed E-state index contributed by atoms with van der Waals surface area (Å²) in [5.74, 6) is -0.695. The van der Waals surface area contributed by atoms with E-state index in [4.69, 9.17) is 5.73 Å². The van der Waals surface area contributed by atoms with Crippen LogP contribution in [0.4, 0.5) is 5.82 Å². The third-order valence-corrected chi connectivity index (χ3v) is 2.16. The van der Waals surface area contributed by atoms with Crippen LogP contribution in [0.5, 0.6) is 0 Å². The van der Waals surface area contributed by atoms with Gasteiger partial charge < -0.3 is 10.2 Å². The van der Waals surface area contributed by atoms with Gasteiger partial charge in [0.25, 0.3) is 5.91 Å². The highest BCUT2D eigenvalue weighted by Gasteiger charge is 2.16. The van der Waals surface area contributed by atoms with E-state index in [1.54, 1.807) is 0 Å². The van der Waals surface area contributed by atoms with E-state index >= 15 is 0 Å². The van der Waals surface area contributed by atoms with E-state index in [0.717, 1.165) is 11.3 Å². The van der Waals surface area contributed by atoms with Crippen molar-refractivity contribution >= 4 is 35.2 Å². The molecule has 1 aromatic heterocycles. The zero-order chi connectivity index (χ0) is 11.3. The molecule has 2 amide bonds. The van der Waals surface area contributed by atoms with E-state index in [9.17, 15) is 9.59 Å². The zero-order valence-electron chi connectivity index (χ0n) is 7.68. The molecule has 0 aromatic carbocycles. The van der Waals surface area contributed by atoms with Gasteiger partial charge in [0.2, 0.25) is 12.1 Å². The summed E-state index contributed by atoms with van der Waals surface area (Å²) in [6.07, 6.45) is 0.467. The van der Waals surface area contributed by atoms with Gasteiger partial charge in [-0.05, 0) is 0 Å². The second-order valence-corrected chi connectivity index (χ2v) is 3.11. The molecule has 0 aliphatic heterocycles. The van der Waals surface area contributed by atoms with Crippen LogP contribution in [0.1, 0.15) is 5.01 Å². The summed E-state index contributed by atoms with van der Waals surface area (Å²) in [5, 5.41) is 7.44. The molecule has 8 heteroatoms. The molecule has 0 spiro atoms. The third-order valence-electron chi connectivity index (χ3n) is 1.31. The molecule has 7 nitrogen and oxygen atoms in total. The molecule has 1 aromatic rings. The Morgan fingerprint density at radius 2 is 2.53 bits per heavy atom. The molecule has 0 bridgehead atoms. The molecule has 1 heterocycles. The van der Waals surface area contributed by atoms with Crippen LogP contribution in [0.15, 0.2) is 10.5 Å². The number of anilines is 1. The Morgan fingerprint density at radius 1 is 1.80 bits per heavy atom. The normalized spacial score (nSPS) is 10.9. The van der Waals surface area contributed by atoms with Crippen molar-refractivity contribution in [3.63, 3.8) is 0 Å². The summed E-state index contributed by atoms with van der Waals surface area (Å²) in [7, 11) is 1.27. The monoisotopic (exact) mass is 227 g/mol. The summed E-state index contributed by atoms with van der Waals surface area (Å²) < 4.78 is 0. The molecular formula is C7H7N4O3S. The van der Waals surface area contributed by atoms with Gasteiger partial charge in [0, 0.05) is 5.38 Å². The highest BCUT2D eigenvalue weighted by atomic mass is 32.1. The summed E-state index contributed by atoms with van der Waals surface area (Å²) in [5.41, 5.74) is 6.72. The number of amides is 2. The lowest BCUT2D eigenvalue weighted by molar-refractivity contribution is -0.112. The van der Waals surface area contributed by atoms with Crippen LogP contribution in [0.2, 0.25) is 0 Å². The Hall–Kier alpha value is -1.96. The fraction of sp³-hybridized carbons (Fsp3) is 0.143. The molecular weight excluding hydrogens is 220 g/mol. The molecule has 0 saturated carbocycles. The maximum absolute atomic E-state index is 10.8. The van der Waals surface area contributed by atoms with Gasteiger partial charge in [0.05, 0.1) is 0 Å². The summed E-state index contributed by atoms with van der Waals surface area (Å²) in [6, 6.07) is 0. The number of hydrogen-bond donors (Lipinski definition) is 1. The number of carbonyl (C=O) groups is 2. The molecule has 0 atom stereocenters. The van der Waals surface area contributed by atoms with Crippen LogP contribution in [0.3, 0.4) is 0 Å². The minimum absolute atomic E-state index is 0.193. The smallest absolute Gasteiger partial charge is 0.294 e. The lowest BCUT2D eigenvalue weighted by Crippen LogP contribution is -2.16. The molecule has 15 heavy (non-hydrogen) atoms. The predicted octanol–water partition coefficient (Wildman–Crippen LogP) is -0.129.